The summed E-state index contributed by atoms with van der Waals surface area (Å²) in [7, 11) is 0. The lowest BCUT2D eigenvalue weighted by molar-refractivity contribution is 0.136. The molecule has 2 aliphatic rings. The molecule has 0 amide bonds. The van der Waals surface area contributed by atoms with Crippen LogP contribution in [0.4, 0.5) is 17.3 Å². The van der Waals surface area contributed by atoms with Crippen LogP contribution in [0.1, 0.15) is 40.0 Å². The van der Waals surface area contributed by atoms with Crippen molar-refractivity contribution in [1.29, 1.82) is 10.5 Å². The molecule has 0 radical (unpaired) electrons. The summed E-state index contributed by atoms with van der Waals surface area (Å²) in [5, 5.41) is 18.0. The third kappa shape index (κ3) is 3.19. The van der Waals surface area contributed by atoms with Crippen molar-refractivity contribution >= 4 is 17.3 Å². The van der Waals surface area contributed by atoms with Gasteiger partial charge < -0.3 is 15.5 Å². The van der Waals surface area contributed by atoms with Gasteiger partial charge in [-0.1, -0.05) is 20.8 Å². The molecule has 2 N–H and O–H groups in total. The lowest BCUT2D eigenvalue weighted by atomic mass is 9.65. The molecule has 1 saturated carbocycles. The third-order valence-electron chi connectivity index (χ3n) is 5.35. The van der Waals surface area contributed by atoms with Gasteiger partial charge in [-0.25, -0.2) is 9.97 Å². The molecule has 1 aliphatic carbocycles. The average molecular weight is 339 g/mol. The van der Waals surface area contributed by atoms with Crippen LogP contribution < -0.4 is 15.5 Å². The van der Waals surface area contributed by atoms with Gasteiger partial charge in [-0.3, -0.25) is 0 Å². The Balaban J connectivity index is 1.96. The maximum Gasteiger partial charge on any atom is 0.159 e. The number of nitriles is 2. The topological polar surface area (TPSA) is 106 Å². The van der Waals surface area contributed by atoms with Crippen LogP contribution in [0.2, 0.25) is 0 Å². The first kappa shape index (κ1) is 17.3. The molecule has 7 heteroatoms. The molecule has 132 valence electrons. The van der Waals surface area contributed by atoms with Gasteiger partial charge in [0.05, 0.1) is 12.1 Å². The van der Waals surface area contributed by atoms with Gasteiger partial charge in [0.25, 0.3) is 0 Å². The van der Waals surface area contributed by atoms with E-state index < -0.39 is 0 Å². The van der Waals surface area contributed by atoms with Crippen LogP contribution in [-0.4, -0.2) is 35.6 Å². The molecule has 2 bridgehead atoms. The van der Waals surface area contributed by atoms with E-state index in [4.69, 9.17) is 16.3 Å². The molecule has 1 aromatic heterocycles. The van der Waals surface area contributed by atoms with Crippen molar-refractivity contribution in [2.24, 2.45) is 10.8 Å². The predicted octanol–water partition coefficient (Wildman–Crippen LogP) is 2.32. The largest absolute Gasteiger partial charge is 0.393 e. The minimum absolute atomic E-state index is 0.0718. The maximum absolute atomic E-state index is 9.02. The van der Waals surface area contributed by atoms with Gasteiger partial charge >= 0.3 is 0 Å². The van der Waals surface area contributed by atoms with Gasteiger partial charge in [0.1, 0.15) is 25.1 Å². The summed E-state index contributed by atoms with van der Waals surface area (Å²) in [5.41, 5.74) is 7.43. The van der Waals surface area contributed by atoms with E-state index in [1.54, 1.807) is 4.90 Å². The molecule has 2 unspecified atom stereocenters. The summed E-state index contributed by atoms with van der Waals surface area (Å²) in [6.45, 7) is 8.08. The SMILES string of the molecule is CC1(C)CC2CC(C)(CN2c2ncnc(N(CC#N)CC#N)c2N)C1. The van der Waals surface area contributed by atoms with Crippen molar-refractivity contribution in [3.05, 3.63) is 6.33 Å². The molecule has 2 fully saturated rings. The molecule has 7 nitrogen and oxygen atoms in total. The van der Waals surface area contributed by atoms with E-state index in [0.717, 1.165) is 25.2 Å². The number of hydrogen-bond acceptors (Lipinski definition) is 7. The Bertz CT molecular complexity index is 729. The fourth-order valence-corrected chi connectivity index (χ4v) is 4.94. The normalized spacial score (nSPS) is 26.8. The Hall–Kier alpha value is -2.54. The maximum atomic E-state index is 9.02. The van der Waals surface area contributed by atoms with Gasteiger partial charge in [-0.05, 0) is 30.1 Å². The van der Waals surface area contributed by atoms with Gasteiger partial charge in [0.2, 0.25) is 0 Å². The third-order valence-corrected chi connectivity index (χ3v) is 5.35. The van der Waals surface area contributed by atoms with Crippen molar-refractivity contribution < 1.29 is 0 Å². The second kappa shape index (κ2) is 6.07. The fourth-order valence-electron chi connectivity index (χ4n) is 4.94. The number of nitrogens with two attached hydrogens (primary N) is 1. The summed E-state index contributed by atoms with van der Waals surface area (Å²) >= 11 is 0. The Kier molecular flexibility index (Phi) is 4.20. The van der Waals surface area contributed by atoms with Gasteiger partial charge in [0, 0.05) is 12.6 Å². The summed E-state index contributed by atoms with van der Waals surface area (Å²) in [5.74, 6) is 1.20. The number of aromatic nitrogens is 2. The lowest BCUT2D eigenvalue weighted by Gasteiger charge is -2.39. The molecule has 25 heavy (non-hydrogen) atoms. The monoisotopic (exact) mass is 339 g/mol. The molecule has 1 aromatic rings. The predicted molar refractivity (Wildman–Crippen MR) is 96.8 cm³/mol. The summed E-state index contributed by atoms with van der Waals surface area (Å²) < 4.78 is 0. The molecular weight excluding hydrogens is 314 g/mol. The summed E-state index contributed by atoms with van der Waals surface area (Å²) in [6, 6.07) is 4.55. The van der Waals surface area contributed by atoms with Gasteiger partial charge in [-0.2, -0.15) is 10.5 Å². The van der Waals surface area contributed by atoms with Crippen LogP contribution in [0.15, 0.2) is 6.33 Å². The van der Waals surface area contributed by atoms with Crippen LogP contribution in [0, 0.1) is 33.5 Å². The highest BCUT2D eigenvalue weighted by Gasteiger charge is 2.50. The molecule has 1 aliphatic heterocycles. The molecule has 2 atom stereocenters. The van der Waals surface area contributed by atoms with E-state index in [9.17, 15) is 0 Å². The number of nitrogen functional groups attached to an aromatic ring is 1. The minimum atomic E-state index is 0.0718. The van der Waals surface area contributed by atoms with E-state index in [1.165, 1.54) is 12.7 Å². The standard InChI is InChI=1S/C18H25N7/c1-17(2)8-13-9-18(3,10-17)11-25(13)16-14(21)15(22-12-23-16)24(6-4-19)7-5-20/h12-13H,6-11,21H2,1-3H3. The highest BCUT2D eigenvalue weighted by molar-refractivity contribution is 5.76. The molecule has 1 saturated heterocycles. The van der Waals surface area contributed by atoms with E-state index in [-0.39, 0.29) is 18.5 Å². The zero-order chi connectivity index (χ0) is 18.2. The van der Waals surface area contributed by atoms with Crippen molar-refractivity contribution in [2.75, 3.05) is 35.2 Å². The van der Waals surface area contributed by atoms with E-state index in [2.05, 4.69) is 47.8 Å². The number of hydrogen-bond donors (Lipinski definition) is 1. The average Bonchev–Trinajstić information content (AvgIpc) is 2.76. The van der Waals surface area contributed by atoms with Crippen molar-refractivity contribution in [3.8, 4) is 12.1 Å². The van der Waals surface area contributed by atoms with Crippen LogP contribution in [-0.2, 0) is 0 Å². The van der Waals surface area contributed by atoms with Crippen LogP contribution >= 0.6 is 0 Å². The number of rotatable bonds is 4. The quantitative estimate of drug-likeness (QED) is 0.839. The molecular formula is C18H25N7. The van der Waals surface area contributed by atoms with Gasteiger partial charge in [0.15, 0.2) is 11.6 Å². The first-order valence-corrected chi connectivity index (χ1v) is 8.64. The lowest BCUT2D eigenvalue weighted by Crippen LogP contribution is -2.35. The zero-order valence-corrected chi connectivity index (χ0v) is 15.2. The van der Waals surface area contributed by atoms with Crippen LogP contribution in [0.25, 0.3) is 0 Å². The van der Waals surface area contributed by atoms with Crippen LogP contribution in [0.3, 0.4) is 0 Å². The Labute approximate surface area is 149 Å². The highest BCUT2D eigenvalue weighted by atomic mass is 15.3. The summed E-state index contributed by atoms with van der Waals surface area (Å²) in [6.07, 6.45) is 4.94. The molecule has 0 spiro atoms. The Morgan fingerprint density at radius 1 is 1.24 bits per heavy atom. The zero-order valence-electron chi connectivity index (χ0n) is 15.2. The van der Waals surface area contributed by atoms with E-state index >= 15 is 0 Å². The molecule has 3 rings (SSSR count). The second-order valence-corrected chi connectivity index (χ2v) is 8.45. The van der Waals surface area contributed by atoms with Crippen molar-refractivity contribution in [3.63, 3.8) is 0 Å². The number of fused-ring (bicyclic) bond motifs is 2. The van der Waals surface area contributed by atoms with Gasteiger partial charge in [-0.15, -0.1) is 0 Å². The number of nitrogens with zero attached hydrogens (tertiary/aromatic N) is 6. The first-order valence-electron chi connectivity index (χ1n) is 8.64. The van der Waals surface area contributed by atoms with E-state index in [0.29, 0.717) is 23.0 Å². The second-order valence-electron chi connectivity index (χ2n) is 8.45. The molecule has 2 heterocycles. The molecule has 0 aromatic carbocycles. The van der Waals surface area contributed by atoms with E-state index in [1.807, 2.05) is 0 Å². The number of anilines is 3. The highest BCUT2D eigenvalue weighted by Crippen LogP contribution is 2.54. The smallest absolute Gasteiger partial charge is 0.159 e. The Morgan fingerprint density at radius 3 is 2.56 bits per heavy atom. The summed E-state index contributed by atoms with van der Waals surface area (Å²) in [4.78, 5) is 12.6. The van der Waals surface area contributed by atoms with Crippen molar-refractivity contribution in [2.45, 2.75) is 46.1 Å². The van der Waals surface area contributed by atoms with Crippen molar-refractivity contribution in [1.82, 2.24) is 9.97 Å². The van der Waals surface area contributed by atoms with Crippen LogP contribution in [0.5, 0.6) is 0 Å². The first-order chi connectivity index (χ1) is 11.8. The Morgan fingerprint density at radius 2 is 1.92 bits per heavy atom. The fraction of sp³-hybridized carbons (Fsp3) is 0.667. The minimum Gasteiger partial charge on any atom is -0.393 e.